The van der Waals surface area contributed by atoms with E-state index in [0.29, 0.717) is 16.9 Å². The molecule has 0 saturated heterocycles. The van der Waals surface area contributed by atoms with Crippen LogP contribution in [-0.2, 0) is 16.3 Å². The SMILES string of the molecule is CC1=CS(=O)(=O)c2c(CCO)cccc21. The average molecular weight is 224 g/mol. The Balaban J connectivity index is 2.70. The summed E-state index contributed by atoms with van der Waals surface area (Å²) < 4.78 is 23.6. The van der Waals surface area contributed by atoms with E-state index in [0.717, 1.165) is 11.1 Å². The fourth-order valence-corrected chi connectivity index (χ4v) is 3.69. The lowest BCUT2D eigenvalue weighted by Crippen LogP contribution is -2.02. The molecule has 80 valence electrons. The minimum Gasteiger partial charge on any atom is -0.396 e. The van der Waals surface area contributed by atoms with Gasteiger partial charge in [0, 0.05) is 12.0 Å². The van der Waals surface area contributed by atoms with Gasteiger partial charge in [0.25, 0.3) is 0 Å². The van der Waals surface area contributed by atoms with Gasteiger partial charge < -0.3 is 5.11 Å². The molecule has 0 amide bonds. The van der Waals surface area contributed by atoms with Gasteiger partial charge in [-0.15, -0.1) is 0 Å². The Labute approximate surface area is 89.0 Å². The van der Waals surface area contributed by atoms with Crippen LogP contribution in [0.25, 0.3) is 5.57 Å². The molecule has 0 aromatic heterocycles. The third-order valence-electron chi connectivity index (χ3n) is 2.52. The number of rotatable bonds is 2. The Morgan fingerprint density at radius 3 is 2.73 bits per heavy atom. The summed E-state index contributed by atoms with van der Waals surface area (Å²) in [6.45, 7) is 1.75. The predicted octanol–water partition coefficient (Wildman–Crippen LogP) is 1.37. The lowest BCUT2D eigenvalue weighted by Gasteiger charge is -2.06. The minimum atomic E-state index is -3.28. The Bertz CT molecular complexity index is 527. The number of aliphatic hydroxyl groups excluding tert-OH is 1. The summed E-state index contributed by atoms with van der Waals surface area (Å²) in [5.41, 5.74) is 2.23. The highest BCUT2D eigenvalue weighted by atomic mass is 32.2. The van der Waals surface area contributed by atoms with Gasteiger partial charge in [0.2, 0.25) is 9.84 Å². The zero-order chi connectivity index (χ0) is 11.1. The van der Waals surface area contributed by atoms with Gasteiger partial charge in [0.15, 0.2) is 0 Å². The molecule has 0 atom stereocenters. The molecular weight excluding hydrogens is 212 g/mol. The fourth-order valence-electron chi connectivity index (χ4n) is 1.90. The van der Waals surface area contributed by atoms with Crippen LogP contribution < -0.4 is 0 Å². The second-order valence-corrected chi connectivity index (χ2v) is 5.35. The Morgan fingerprint density at radius 1 is 1.33 bits per heavy atom. The van der Waals surface area contributed by atoms with E-state index in [1.54, 1.807) is 19.1 Å². The molecule has 2 rings (SSSR count). The fraction of sp³-hybridized carbons (Fsp3) is 0.273. The van der Waals surface area contributed by atoms with E-state index in [1.807, 2.05) is 6.07 Å². The number of hydrogen-bond acceptors (Lipinski definition) is 3. The third-order valence-corrected chi connectivity index (χ3v) is 4.23. The van der Waals surface area contributed by atoms with Crippen molar-refractivity contribution in [3.8, 4) is 0 Å². The van der Waals surface area contributed by atoms with Crippen LogP contribution in [0.5, 0.6) is 0 Å². The number of hydrogen-bond donors (Lipinski definition) is 1. The van der Waals surface area contributed by atoms with Gasteiger partial charge in [0.05, 0.1) is 4.90 Å². The molecule has 0 radical (unpaired) electrons. The molecule has 1 heterocycles. The monoisotopic (exact) mass is 224 g/mol. The van der Waals surface area contributed by atoms with Crippen LogP contribution in [0.4, 0.5) is 0 Å². The molecule has 15 heavy (non-hydrogen) atoms. The van der Waals surface area contributed by atoms with Crippen molar-refractivity contribution in [3.63, 3.8) is 0 Å². The van der Waals surface area contributed by atoms with Crippen LogP contribution >= 0.6 is 0 Å². The zero-order valence-corrected chi connectivity index (χ0v) is 9.21. The summed E-state index contributed by atoms with van der Waals surface area (Å²) in [6.07, 6.45) is 0.378. The van der Waals surface area contributed by atoms with E-state index in [1.165, 1.54) is 5.41 Å². The molecule has 0 fully saturated rings. The van der Waals surface area contributed by atoms with Crippen molar-refractivity contribution in [2.45, 2.75) is 18.2 Å². The Morgan fingerprint density at radius 2 is 2.07 bits per heavy atom. The molecule has 4 heteroatoms. The molecular formula is C11H12O3S. The summed E-state index contributed by atoms with van der Waals surface area (Å²) in [5.74, 6) is 0. The predicted molar refractivity (Wildman–Crippen MR) is 58.1 cm³/mol. The highest BCUT2D eigenvalue weighted by Crippen LogP contribution is 2.35. The molecule has 1 aromatic rings. The highest BCUT2D eigenvalue weighted by Gasteiger charge is 2.27. The quantitative estimate of drug-likeness (QED) is 0.825. The van der Waals surface area contributed by atoms with Crippen molar-refractivity contribution in [2.24, 2.45) is 0 Å². The minimum absolute atomic E-state index is 0.0367. The third kappa shape index (κ3) is 1.60. The maximum Gasteiger partial charge on any atom is 0.200 e. The first kappa shape index (κ1) is 10.4. The lowest BCUT2D eigenvalue weighted by atomic mass is 10.0. The largest absolute Gasteiger partial charge is 0.396 e. The molecule has 0 aliphatic carbocycles. The number of allylic oxidation sites excluding steroid dienone is 1. The number of sulfone groups is 1. The van der Waals surface area contributed by atoms with E-state index in [4.69, 9.17) is 5.11 Å². The smallest absolute Gasteiger partial charge is 0.200 e. The Hall–Kier alpha value is -1.13. The van der Waals surface area contributed by atoms with Crippen LogP contribution in [0.15, 0.2) is 28.5 Å². The van der Waals surface area contributed by atoms with Crippen molar-refractivity contribution in [1.82, 2.24) is 0 Å². The molecule has 0 unspecified atom stereocenters. The average Bonchev–Trinajstić information content (AvgIpc) is 2.39. The standard InChI is InChI=1S/C11H12O3S/c1-8-7-15(13,14)11-9(5-6-12)3-2-4-10(8)11/h2-4,7,12H,5-6H2,1H3. The number of aliphatic hydroxyl groups is 1. The van der Waals surface area contributed by atoms with Crippen LogP contribution in [0.1, 0.15) is 18.1 Å². The maximum absolute atomic E-state index is 11.8. The van der Waals surface area contributed by atoms with Gasteiger partial charge in [-0.05, 0) is 30.0 Å². The zero-order valence-electron chi connectivity index (χ0n) is 8.40. The molecule has 0 bridgehead atoms. The lowest BCUT2D eigenvalue weighted by molar-refractivity contribution is 0.298. The van der Waals surface area contributed by atoms with Gasteiger partial charge in [-0.1, -0.05) is 18.2 Å². The van der Waals surface area contributed by atoms with Crippen molar-refractivity contribution < 1.29 is 13.5 Å². The van der Waals surface area contributed by atoms with Crippen molar-refractivity contribution in [2.75, 3.05) is 6.61 Å². The van der Waals surface area contributed by atoms with Crippen LogP contribution in [0, 0.1) is 0 Å². The maximum atomic E-state index is 11.8. The second-order valence-electron chi connectivity index (χ2n) is 3.61. The van der Waals surface area contributed by atoms with E-state index in [-0.39, 0.29) is 6.61 Å². The van der Waals surface area contributed by atoms with Crippen molar-refractivity contribution >= 4 is 15.4 Å². The summed E-state index contributed by atoms with van der Waals surface area (Å²) in [5, 5.41) is 10.2. The van der Waals surface area contributed by atoms with Gasteiger partial charge in [-0.2, -0.15) is 0 Å². The van der Waals surface area contributed by atoms with Gasteiger partial charge in [-0.3, -0.25) is 0 Å². The van der Waals surface area contributed by atoms with Crippen LogP contribution in [-0.4, -0.2) is 20.1 Å². The van der Waals surface area contributed by atoms with Crippen LogP contribution in [0.3, 0.4) is 0 Å². The first-order chi connectivity index (χ1) is 7.06. The van der Waals surface area contributed by atoms with E-state index >= 15 is 0 Å². The Kier molecular flexibility index (Phi) is 2.40. The molecule has 1 aromatic carbocycles. The number of fused-ring (bicyclic) bond motifs is 1. The summed E-state index contributed by atoms with van der Waals surface area (Å²) >= 11 is 0. The van der Waals surface area contributed by atoms with Gasteiger partial charge in [-0.25, -0.2) is 8.42 Å². The molecule has 3 nitrogen and oxygen atoms in total. The van der Waals surface area contributed by atoms with Crippen molar-refractivity contribution in [1.29, 1.82) is 0 Å². The summed E-state index contributed by atoms with van der Waals surface area (Å²) in [4.78, 5) is 0.372. The molecule has 0 saturated carbocycles. The van der Waals surface area contributed by atoms with E-state index < -0.39 is 9.84 Å². The van der Waals surface area contributed by atoms with E-state index in [9.17, 15) is 8.42 Å². The molecule has 1 aliphatic heterocycles. The topological polar surface area (TPSA) is 54.4 Å². The highest BCUT2D eigenvalue weighted by molar-refractivity contribution is 7.95. The van der Waals surface area contributed by atoms with Crippen molar-refractivity contribution in [3.05, 3.63) is 34.7 Å². The molecule has 0 spiro atoms. The van der Waals surface area contributed by atoms with Gasteiger partial charge >= 0.3 is 0 Å². The normalized spacial score (nSPS) is 17.3. The first-order valence-electron chi connectivity index (χ1n) is 4.73. The summed E-state index contributed by atoms with van der Waals surface area (Å²) in [7, 11) is -3.28. The second kappa shape index (κ2) is 3.47. The number of benzene rings is 1. The van der Waals surface area contributed by atoms with Gasteiger partial charge in [0.1, 0.15) is 0 Å². The van der Waals surface area contributed by atoms with E-state index in [2.05, 4.69) is 0 Å². The first-order valence-corrected chi connectivity index (χ1v) is 6.27. The molecule has 1 aliphatic rings. The van der Waals surface area contributed by atoms with Crippen LogP contribution in [0.2, 0.25) is 0 Å². The summed E-state index contributed by atoms with van der Waals surface area (Å²) in [6, 6.07) is 5.37. The molecule has 1 N–H and O–H groups in total.